The van der Waals surface area contributed by atoms with Crippen LogP contribution in [-0.4, -0.2) is 44.6 Å². The Morgan fingerprint density at radius 1 is 1.52 bits per heavy atom. The van der Waals surface area contributed by atoms with Crippen LogP contribution in [0, 0.1) is 11.7 Å². The Hall–Kier alpha value is -1.33. The van der Waals surface area contributed by atoms with Crippen LogP contribution in [0.1, 0.15) is 23.2 Å². The maximum Gasteiger partial charge on any atom is 0.254 e. The zero-order valence-electron chi connectivity index (χ0n) is 12.4. The maximum atomic E-state index is 13.4. The number of likely N-dealkylation sites (tertiary alicyclic amines) is 1. The predicted molar refractivity (Wildman–Crippen MR) is 82.8 cm³/mol. The number of amides is 1. The van der Waals surface area contributed by atoms with Crippen LogP contribution < -0.4 is 10.1 Å². The number of carbonyl (C=O) groups excluding carboxylic acids is 1. The van der Waals surface area contributed by atoms with Crippen molar-refractivity contribution in [1.29, 1.82) is 0 Å². The number of hydrogen-bond donors (Lipinski definition) is 1. The van der Waals surface area contributed by atoms with Gasteiger partial charge < -0.3 is 15.0 Å². The van der Waals surface area contributed by atoms with Crippen molar-refractivity contribution in [2.45, 2.75) is 12.8 Å². The molecule has 0 aliphatic carbocycles. The summed E-state index contributed by atoms with van der Waals surface area (Å²) in [5, 5.41) is 3.15. The molecule has 0 saturated carbocycles. The highest BCUT2D eigenvalue weighted by atomic mass is 35.5. The molecule has 1 saturated heterocycles. The maximum absolute atomic E-state index is 13.4. The summed E-state index contributed by atoms with van der Waals surface area (Å²) in [4.78, 5) is 14.3. The lowest BCUT2D eigenvalue weighted by Gasteiger charge is -2.32. The van der Waals surface area contributed by atoms with Crippen LogP contribution in [0.4, 0.5) is 4.39 Å². The van der Waals surface area contributed by atoms with E-state index in [0.29, 0.717) is 11.5 Å². The molecule has 0 spiro atoms. The molecule has 1 aliphatic heterocycles. The lowest BCUT2D eigenvalue weighted by Crippen LogP contribution is -2.42. The van der Waals surface area contributed by atoms with Crippen molar-refractivity contribution in [3.63, 3.8) is 0 Å². The van der Waals surface area contributed by atoms with E-state index >= 15 is 0 Å². The normalized spacial score (nSPS) is 18.0. The topological polar surface area (TPSA) is 41.6 Å². The van der Waals surface area contributed by atoms with E-state index in [2.05, 4.69) is 5.32 Å². The number of carbonyl (C=O) groups is 1. The quantitative estimate of drug-likeness (QED) is 0.927. The van der Waals surface area contributed by atoms with Crippen molar-refractivity contribution >= 4 is 18.3 Å². The van der Waals surface area contributed by atoms with Gasteiger partial charge in [-0.25, -0.2) is 4.39 Å². The first kappa shape index (κ1) is 17.7. The summed E-state index contributed by atoms with van der Waals surface area (Å²) >= 11 is 0. The van der Waals surface area contributed by atoms with Crippen molar-refractivity contribution in [2.24, 2.45) is 5.92 Å². The minimum atomic E-state index is -0.448. The van der Waals surface area contributed by atoms with Gasteiger partial charge in [0.1, 0.15) is 0 Å². The SMILES string of the molecule is CNCC1CCCN(C(=O)c2ccc(F)c(OC)c2)C1.Cl. The van der Waals surface area contributed by atoms with Crippen LogP contribution in [0.5, 0.6) is 5.75 Å². The number of piperidine rings is 1. The van der Waals surface area contributed by atoms with E-state index in [1.807, 2.05) is 11.9 Å². The minimum Gasteiger partial charge on any atom is -0.494 e. The van der Waals surface area contributed by atoms with Crippen LogP contribution in [0.15, 0.2) is 18.2 Å². The number of rotatable bonds is 4. The highest BCUT2D eigenvalue weighted by Crippen LogP contribution is 2.22. The first-order chi connectivity index (χ1) is 9.65. The molecular formula is C15H22ClFN2O2. The molecule has 21 heavy (non-hydrogen) atoms. The zero-order chi connectivity index (χ0) is 14.5. The van der Waals surface area contributed by atoms with Gasteiger partial charge in [0.25, 0.3) is 5.91 Å². The van der Waals surface area contributed by atoms with Crippen molar-refractivity contribution in [3.05, 3.63) is 29.6 Å². The molecule has 1 unspecified atom stereocenters. The molecule has 1 aliphatic rings. The summed E-state index contributed by atoms with van der Waals surface area (Å²) in [7, 11) is 3.32. The number of methoxy groups -OCH3 is 1. The Kier molecular flexibility index (Phi) is 6.92. The van der Waals surface area contributed by atoms with Crippen LogP contribution in [0.25, 0.3) is 0 Å². The van der Waals surface area contributed by atoms with Crippen molar-refractivity contribution in [3.8, 4) is 5.75 Å². The standard InChI is InChI=1S/C15H21FN2O2.ClH/c1-17-9-11-4-3-7-18(10-11)15(19)12-5-6-13(16)14(8-12)20-2;/h5-6,8,11,17H,3-4,7,9-10H2,1-2H3;1H. The fourth-order valence-electron chi connectivity index (χ4n) is 2.68. The van der Waals surface area contributed by atoms with Gasteiger partial charge in [-0.1, -0.05) is 0 Å². The number of nitrogens with zero attached hydrogens (tertiary/aromatic N) is 1. The number of hydrogen-bond acceptors (Lipinski definition) is 3. The third kappa shape index (κ3) is 4.32. The summed E-state index contributed by atoms with van der Waals surface area (Å²) < 4.78 is 18.3. The van der Waals surface area contributed by atoms with Gasteiger partial charge in [-0.05, 0) is 50.6 Å². The van der Waals surface area contributed by atoms with Gasteiger partial charge in [0, 0.05) is 18.7 Å². The summed E-state index contributed by atoms with van der Waals surface area (Å²) in [6.07, 6.45) is 2.15. The van der Waals surface area contributed by atoms with Gasteiger partial charge in [-0.3, -0.25) is 4.79 Å². The second-order valence-electron chi connectivity index (χ2n) is 5.17. The molecule has 1 N–H and O–H groups in total. The Labute approximate surface area is 131 Å². The molecule has 0 aromatic heterocycles. The van der Waals surface area contributed by atoms with Gasteiger partial charge in [0.2, 0.25) is 0 Å². The summed E-state index contributed by atoms with van der Waals surface area (Å²) in [6, 6.07) is 4.27. The molecule has 1 fully saturated rings. The van der Waals surface area contributed by atoms with E-state index in [0.717, 1.165) is 32.5 Å². The zero-order valence-corrected chi connectivity index (χ0v) is 13.2. The van der Waals surface area contributed by atoms with Crippen LogP contribution in [-0.2, 0) is 0 Å². The molecule has 1 atom stereocenters. The third-order valence-electron chi connectivity index (χ3n) is 3.70. The van der Waals surface area contributed by atoms with Crippen molar-refractivity contribution < 1.29 is 13.9 Å². The predicted octanol–water partition coefficient (Wildman–Crippen LogP) is 2.33. The van der Waals surface area contributed by atoms with E-state index in [4.69, 9.17) is 4.74 Å². The van der Waals surface area contributed by atoms with Crippen molar-refractivity contribution in [2.75, 3.05) is 33.8 Å². The highest BCUT2D eigenvalue weighted by molar-refractivity contribution is 5.94. The number of benzene rings is 1. The van der Waals surface area contributed by atoms with Gasteiger partial charge in [-0.15, -0.1) is 12.4 Å². The largest absolute Gasteiger partial charge is 0.494 e. The average molecular weight is 317 g/mol. The number of nitrogens with one attached hydrogen (secondary N) is 1. The van der Waals surface area contributed by atoms with Crippen molar-refractivity contribution in [1.82, 2.24) is 10.2 Å². The van der Waals surface area contributed by atoms with Gasteiger partial charge in [0.15, 0.2) is 11.6 Å². The smallest absolute Gasteiger partial charge is 0.254 e. The third-order valence-corrected chi connectivity index (χ3v) is 3.70. The Balaban J connectivity index is 0.00000220. The lowest BCUT2D eigenvalue weighted by molar-refractivity contribution is 0.0674. The minimum absolute atomic E-state index is 0. The lowest BCUT2D eigenvalue weighted by atomic mass is 9.97. The van der Waals surface area contributed by atoms with Gasteiger partial charge in [0.05, 0.1) is 7.11 Å². The average Bonchev–Trinajstić information content (AvgIpc) is 2.48. The second kappa shape index (κ2) is 8.20. The monoisotopic (exact) mass is 316 g/mol. The van der Waals surface area contributed by atoms with E-state index < -0.39 is 5.82 Å². The van der Waals surface area contributed by atoms with Gasteiger partial charge >= 0.3 is 0 Å². The van der Waals surface area contributed by atoms with Crippen LogP contribution in [0.2, 0.25) is 0 Å². The molecule has 0 bridgehead atoms. The molecule has 1 heterocycles. The number of ether oxygens (including phenoxy) is 1. The second-order valence-corrected chi connectivity index (χ2v) is 5.17. The van der Waals surface area contributed by atoms with Crippen LogP contribution in [0.3, 0.4) is 0 Å². The Morgan fingerprint density at radius 2 is 2.29 bits per heavy atom. The Morgan fingerprint density at radius 3 is 2.95 bits per heavy atom. The molecule has 1 aromatic rings. The Bertz CT molecular complexity index is 483. The molecule has 6 heteroatoms. The molecule has 1 aromatic carbocycles. The number of halogens is 2. The molecule has 4 nitrogen and oxygen atoms in total. The first-order valence-electron chi connectivity index (χ1n) is 6.93. The van der Waals surface area contributed by atoms with Gasteiger partial charge in [-0.2, -0.15) is 0 Å². The highest BCUT2D eigenvalue weighted by Gasteiger charge is 2.24. The van der Waals surface area contributed by atoms with E-state index in [9.17, 15) is 9.18 Å². The fourth-order valence-corrected chi connectivity index (χ4v) is 2.68. The molecule has 118 valence electrons. The van der Waals surface area contributed by atoms with E-state index in [1.54, 1.807) is 0 Å². The van der Waals surface area contributed by atoms with Crippen LogP contribution >= 0.6 is 12.4 Å². The summed E-state index contributed by atoms with van der Waals surface area (Å²) in [5.41, 5.74) is 0.480. The first-order valence-corrected chi connectivity index (χ1v) is 6.93. The molecule has 2 rings (SSSR count). The fraction of sp³-hybridized carbons (Fsp3) is 0.533. The summed E-state index contributed by atoms with van der Waals surface area (Å²) in [5.74, 6) is 0.0968. The van der Waals surface area contributed by atoms with E-state index in [1.165, 1.54) is 25.3 Å². The van der Waals surface area contributed by atoms with E-state index in [-0.39, 0.29) is 24.1 Å². The summed E-state index contributed by atoms with van der Waals surface area (Å²) in [6.45, 7) is 2.43. The molecule has 0 radical (unpaired) electrons. The molecule has 1 amide bonds. The molecular weight excluding hydrogens is 295 g/mol.